The van der Waals surface area contributed by atoms with E-state index in [0.717, 1.165) is 31.2 Å². The first kappa shape index (κ1) is 22.2. The molecule has 1 unspecified atom stereocenters. The van der Waals surface area contributed by atoms with Crippen molar-refractivity contribution in [2.24, 2.45) is 0 Å². The van der Waals surface area contributed by atoms with E-state index in [0.29, 0.717) is 24.0 Å². The largest absolute Gasteiger partial charge is 0.336 e. The van der Waals surface area contributed by atoms with Crippen LogP contribution in [0, 0.1) is 12.3 Å². The molecule has 2 rings (SSSR count). The monoisotopic (exact) mass is 390 g/mol. The SMILES string of the molecule is C#Cc1ccc(CCc2ccccc2)c(C(=O)NC(CC)NC(=O)CCCC)c1. The summed E-state index contributed by atoms with van der Waals surface area (Å²) in [6, 6.07) is 15.7. The third kappa shape index (κ3) is 7.12. The number of hydrogen-bond donors (Lipinski definition) is 2. The number of carbonyl (C=O) groups is 2. The van der Waals surface area contributed by atoms with Gasteiger partial charge in [-0.1, -0.05) is 62.6 Å². The molecule has 4 nitrogen and oxygen atoms in total. The maximum absolute atomic E-state index is 13.0. The Kier molecular flexibility index (Phi) is 8.98. The molecule has 0 radical (unpaired) electrons. The van der Waals surface area contributed by atoms with Crippen LogP contribution >= 0.6 is 0 Å². The molecule has 0 saturated carbocycles. The lowest BCUT2D eigenvalue weighted by Crippen LogP contribution is -2.47. The Bertz CT molecular complexity index is 853. The Morgan fingerprint density at radius 3 is 2.45 bits per heavy atom. The molecule has 0 spiro atoms. The van der Waals surface area contributed by atoms with Gasteiger partial charge in [0.25, 0.3) is 5.91 Å². The average Bonchev–Trinajstić information content (AvgIpc) is 2.76. The maximum Gasteiger partial charge on any atom is 0.253 e. The Balaban J connectivity index is 2.12. The van der Waals surface area contributed by atoms with E-state index in [1.807, 2.05) is 44.2 Å². The highest BCUT2D eigenvalue weighted by Crippen LogP contribution is 2.16. The smallest absolute Gasteiger partial charge is 0.253 e. The first-order valence-electron chi connectivity index (χ1n) is 10.3. The lowest BCUT2D eigenvalue weighted by atomic mass is 9.97. The van der Waals surface area contributed by atoms with E-state index >= 15 is 0 Å². The molecule has 1 atom stereocenters. The summed E-state index contributed by atoms with van der Waals surface area (Å²) in [5.74, 6) is 2.34. The summed E-state index contributed by atoms with van der Waals surface area (Å²) in [7, 11) is 0. The number of carbonyl (C=O) groups excluding carboxylic acids is 2. The highest BCUT2D eigenvalue weighted by Gasteiger charge is 2.17. The predicted molar refractivity (Wildman–Crippen MR) is 117 cm³/mol. The second-order valence-corrected chi connectivity index (χ2v) is 7.11. The molecule has 0 fully saturated rings. The van der Waals surface area contributed by atoms with Gasteiger partial charge < -0.3 is 10.6 Å². The second-order valence-electron chi connectivity index (χ2n) is 7.11. The van der Waals surface area contributed by atoms with E-state index in [2.05, 4.69) is 28.7 Å². The molecular formula is C25H30N2O2. The molecule has 2 N–H and O–H groups in total. The summed E-state index contributed by atoms with van der Waals surface area (Å²) >= 11 is 0. The van der Waals surface area contributed by atoms with Crippen LogP contribution in [0.2, 0.25) is 0 Å². The van der Waals surface area contributed by atoms with Crippen LogP contribution in [0.15, 0.2) is 48.5 Å². The lowest BCUT2D eigenvalue weighted by molar-refractivity contribution is -0.122. The zero-order valence-electron chi connectivity index (χ0n) is 17.3. The number of unbranched alkanes of at least 4 members (excludes halogenated alkanes) is 1. The molecule has 2 aromatic carbocycles. The number of aryl methyl sites for hydroxylation is 2. The first-order valence-corrected chi connectivity index (χ1v) is 10.3. The van der Waals surface area contributed by atoms with Crippen LogP contribution in [-0.2, 0) is 17.6 Å². The van der Waals surface area contributed by atoms with Gasteiger partial charge in [0.2, 0.25) is 5.91 Å². The molecule has 4 heteroatoms. The third-order valence-corrected chi connectivity index (χ3v) is 4.85. The lowest BCUT2D eigenvalue weighted by Gasteiger charge is -2.20. The van der Waals surface area contributed by atoms with Gasteiger partial charge in [-0.3, -0.25) is 9.59 Å². The van der Waals surface area contributed by atoms with E-state index < -0.39 is 6.17 Å². The zero-order valence-corrected chi connectivity index (χ0v) is 17.3. The van der Waals surface area contributed by atoms with Gasteiger partial charge in [0.05, 0.1) is 0 Å². The van der Waals surface area contributed by atoms with Gasteiger partial charge in [-0.25, -0.2) is 0 Å². The highest BCUT2D eigenvalue weighted by molar-refractivity contribution is 5.96. The van der Waals surface area contributed by atoms with Crippen molar-refractivity contribution in [2.45, 2.75) is 58.5 Å². The minimum absolute atomic E-state index is 0.0410. The summed E-state index contributed by atoms with van der Waals surface area (Å²) in [5.41, 5.74) is 3.39. The molecule has 0 saturated heterocycles. The number of hydrogen-bond acceptors (Lipinski definition) is 2. The number of rotatable bonds is 10. The molecule has 0 aliphatic rings. The normalized spacial score (nSPS) is 11.3. The Labute approximate surface area is 174 Å². The molecular weight excluding hydrogens is 360 g/mol. The second kappa shape index (κ2) is 11.7. The fourth-order valence-electron chi connectivity index (χ4n) is 3.10. The maximum atomic E-state index is 13.0. The highest BCUT2D eigenvalue weighted by atomic mass is 16.2. The van der Waals surface area contributed by atoms with Crippen LogP contribution < -0.4 is 10.6 Å². The molecule has 0 bridgehead atoms. The summed E-state index contributed by atoms with van der Waals surface area (Å²) in [6.07, 6.45) is 9.58. The minimum Gasteiger partial charge on any atom is -0.336 e. The quantitative estimate of drug-likeness (QED) is 0.471. The van der Waals surface area contributed by atoms with Crippen molar-refractivity contribution < 1.29 is 9.59 Å². The van der Waals surface area contributed by atoms with Crippen LogP contribution in [-0.4, -0.2) is 18.0 Å². The van der Waals surface area contributed by atoms with Crippen molar-refractivity contribution in [1.82, 2.24) is 10.6 Å². The van der Waals surface area contributed by atoms with E-state index in [9.17, 15) is 9.59 Å². The molecule has 0 aliphatic carbocycles. The summed E-state index contributed by atoms with van der Waals surface area (Å²) < 4.78 is 0. The number of nitrogens with one attached hydrogen (secondary N) is 2. The average molecular weight is 391 g/mol. The fourth-order valence-corrected chi connectivity index (χ4v) is 3.10. The molecule has 2 amide bonds. The van der Waals surface area contributed by atoms with Crippen molar-refractivity contribution in [3.63, 3.8) is 0 Å². The molecule has 2 aromatic rings. The third-order valence-electron chi connectivity index (χ3n) is 4.85. The van der Waals surface area contributed by atoms with E-state index in [4.69, 9.17) is 6.42 Å². The number of benzene rings is 2. The van der Waals surface area contributed by atoms with Crippen molar-refractivity contribution in [1.29, 1.82) is 0 Å². The molecule has 152 valence electrons. The number of terminal acetylenes is 1. The number of amides is 2. The van der Waals surface area contributed by atoms with Gasteiger partial charge in [-0.05, 0) is 48.9 Å². The van der Waals surface area contributed by atoms with Gasteiger partial charge in [0.1, 0.15) is 6.17 Å². The Hall–Kier alpha value is -3.06. The van der Waals surface area contributed by atoms with Crippen LogP contribution in [0.1, 0.15) is 66.6 Å². The first-order chi connectivity index (χ1) is 14.1. The minimum atomic E-state index is -0.400. The van der Waals surface area contributed by atoms with E-state index in [1.54, 1.807) is 6.07 Å². The van der Waals surface area contributed by atoms with Gasteiger partial charge in [-0.2, -0.15) is 0 Å². The summed E-state index contributed by atoms with van der Waals surface area (Å²) in [6.45, 7) is 3.97. The van der Waals surface area contributed by atoms with Crippen LogP contribution in [0.3, 0.4) is 0 Å². The Morgan fingerprint density at radius 1 is 1.03 bits per heavy atom. The van der Waals surface area contributed by atoms with Crippen molar-refractivity contribution in [2.75, 3.05) is 0 Å². The predicted octanol–water partition coefficient (Wildman–Crippen LogP) is 4.23. The fraction of sp³-hybridized carbons (Fsp3) is 0.360. The van der Waals surface area contributed by atoms with Gasteiger partial charge in [0.15, 0.2) is 0 Å². The standard InChI is InChI=1S/C25H30N2O2/c1-4-7-13-24(28)26-23(6-3)27-25(29)22-18-19(5-2)14-16-21(22)17-15-20-11-9-8-10-12-20/h2,8-12,14,16,18,23H,4,6-7,13,15,17H2,1,3H3,(H,26,28)(H,27,29). The van der Waals surface area contributed by atoms with Crippen molar-refractivity contribution in [3.05, 3.63) is 70.8 Å². The molecule has 0 aliphatic heterocycles. The topological polar surface area (TPSA) is 58.2 Å². The van der Waals surface area contributed by atoms with E-state index in [-0.39, 0.29) is 11.8 Å². The van der Waals surface area contributed by atoms with Crippen LogP contribution in [0.25, 0.3) is 0 Å². The molecule has 0 aromatic heterocycles. The van der Waals surface area contributed by atoms with Gasteiger partial charge in [0, 0.05) is 17.5 Å². The zero-order chi connectivity index (χ0) is 21.1. The van der Waals surface area contributed by atoms with Crippen molar-refractivity contribution in [3.8, 4) is 12.3 Å². The van der Waals surface area contributed by atoms with Gasteiger partial charge >= 0.3 is 0 Å². The van der Waals surface area contributed by atoms with Crippen LogP contribution in [0.4, 0.5) is 0 Å². The Morgan fingerprint density at radius 2 is 1.79 bits per heavy atom. The van der Waals surface area contributed by atoms with Gasteiger partial charge in [-0.15, -0.1) is 6.42 Å². The van der Waals surface area contributed by atoms with E-state index in [1.165, 1.54) is 5.56 Å². The molecule has 29 heavy (non-hydrogen) atoms. The van der Waals surface area contributed by atoms with Crippen LogP contribution in [0.5, 0.6) is 0 Å². The summed E-state index contributed by atoms with van der Waals surface area (Å²) in [4.78, 5) is 25.0. The summed E-state index contributed by atoms with van der Waals surface area (Å²) in [5, 5.41) is 5.84. The molecule has 0 heterocycles. The van der Waals surface area contributed by atoms with Crippen molar-refractivity contribution >= 4 is 11.8 Å².